The van der Waals surface area contributed by atoms with Crippen molar-refractivity contribution in [2.75, 3.05) is 0 Å². The Hall–Kier alpha value is -0.900. The molecule has 3 nitrogen and oxygen atoms in total. The number of nitrogens with zero attached hydrogens (tertiary/aromatic N) is 1. The van der Waals surface area contributed by atoms with E-state index in [0.29, 0.717) is 6.42 Å². The third kappa shape index (κ3) is 3.10. The van der Waals surface area contributed by atoms with E-state index >= 15 is 0 Å². The molecular formula is C10H15NO2S. The van der Waals surface area contributed by atoms with Crippen molar-refractivity contribution >= 4 is 17.3 Å². The van der Waals surface area contributed by atoms with E-state index in [1.807, 2.05) is 5.38 Å². The number of aromatic nitrogens is 1. The molecule has 0 bridgehead atoms. The Morgan fingerprint density at radius 3 is 2.93 bits per heavy atom. The molecule has 14 heavy (non-hydrogen) atoms. The van der Waals surface area contributed by atoms with Gasteiger partial charge in [0.2, 0.25) is 0 Å². The van der Waals surface area contributed by atoms with Gasteiger partial charge in [-0.2, -0.15) is 0 Å². The first kappa shape index (κ1) is 11.2. The number of hydrogen-bond acceptors (Lipinski definition) is 3. The minimum absolute atomic E-state index is 0.401. The van der Waals surface area contributed by atoms with Gasteiger partial charge in [-0.15, -0.1) is 11.3 Å². The highest BCUT2D eigenvalue weighted by atomic mass is 32.1. The van der Waals surface area contributed by atoms with Gasteiger partial charge in [0, 0.05) is 11.6 Å². The lowest BCUT2D eigenvalue weighted by atomic mass is 10.0. The monoisotopic (exact) mass is 213 g/mol. The molecule has 0 aliphatic carbocycles. The van der Waals surface area contributed by atoms with E-state index in [-0.39, 0.29) is 0 Å². The fourth-order valence-corrected chi connectivity index (χ4v) is 2.12. The lowest BCUT2D eigenvalue weighted by Gasteiger charge is -2.08. The Morgan fingerprint density at radius 2 is 2.43 bits per heavy atom. The predicted molar refractivity (Wildman–Crippen MR) is 56.6 cm³/mol. The van der Waals surface area contributed by atoms with Crippen molar-refractivity contribution in [3.63, 3.8) is 0 Å². The second-order valence-electron chi connectivity index (χ2n) is 3.26. The highest BCUT2D eigenvalue weighted by molar-refractivity contribution is 7.09. The number of unbranched alkanes of at least 4 members (excludes halogenated alkanes) is 2. The smallest absolute Gasteiger partial charge is 0.313 e. The molecule has 0 amide bonds. The predicted octanol–water partition coefficient (Wildman–Crippen LogP) is 2.89. The minimum Gasteiger partial charge on any atom is -0.481 e. The van der Waals surface area contributed by atoms with Crippen LogP contribution < -0.4 is 0 Å². The summed E-state index contributed by atoms with van der Waals surface area (Å²) >= 11 is 1.43. The lowest BCUT2D eigenvalue weighted by Crippen LogP contribution is -2.11. The topological polar surface area (TPSA) is 50.2 Å². The summed E-state index contributed by atoms with van der Waals surface area (Å²) in [4.78, 5) is 15.0. The first-order valence-electron chi connectivity index (χ1n) is 4.88. The largest absolute Gasteiger partial charge is 0.481 e. The molecule has 0 aliphatic heterocycles. The van der Waals surface area contributed by atoms with Crippen molar-refractivity contribution in [3.8, 4) is 0 Å². The van der Waals surface area contributed by atoms with Crippen molar-refractivity contribution in [1.29, 1.82) is 0 Å². The molecule has 1 unspecified atom stereocenters. The van der Waals surface area contributed by atoms with E-state index < -0.39 is 11.9 Å². The molecule has 1 N–H and O–H groups in total. The summed E-state index contributed by atoms with van der Waals surface area (Å²) in [5.74, 6) is -1.15. The number of carboxylic acid groups (broad SMARTS) is 1. The summed E-state index contributed by atoms with van der Waals surface area (Å²) in [6.45, 7) is 2.11. The van der Waals surface area contributed by atoms with Crippen molar-refractivity contribution < 1.29 is 9.90 Å². The van der Waals surface area contributed by atoms with Crippen LogP contribution in [-0.4, -0.2) is 16.1 Å². The van der Waals surface area contributed by atoms with E-state index in [9.17, 15) is 4.79 Å². The molecular weight excluding hydrogens is 198 g/mol. The Kier molecular flexibility index (Phi) is 4.59. The lowest BCUT2D eigenvalue weighted by molar-refractivity contribution is -0.139. The molecule has 1 aromatic heterocycles. The number of hydrogen-bond donors (Lipinski definition) is 1. The zero-order valence-corrected chi connectivity index (χ0v) is 9.09. The molecule has 0 saturated carbocycles. The van der Waals surface area contributed by atoms with Gasteiger partial charge in [0.1, 0.15) is 10.9 Å². The summed E-state index contributed by atoms with van der Waals surface area (Å²) < 4.78 is 0. The summed E-state index contributed by atoms with van der Waals surface area (Å²) in [5, 5.41) is 11.6. The average molecular weight is 213 g/mol. The maximum Gasteiger partial charge on any atom is 0.313 e. The molecule has 1 rings (SSSR count). The first-order valence-corrected chi connectivity index (χ1v) is 5.76. The number of aliphatic carboxylic acids is 1. The van der Waals surface area contributed by atoms with E-state index in [2.05, 4.69) is 11.9 Å². The summed E-state index contributed by atoms with van der Waals surface area (Å²) in [7, 11) is 0. The summed E-state index contributed by atoms with van der Waals surface area (Å²) in [6, 6.07) is 0. The molecule has 0 aromatic carbocycles. The summed E-state index contributed by atoms with van der Waals surface area (Å²) in [5.41, 5.74) is 0. The van der Waals surface area contributed by atoms with Gasteiger partial charge in [-0.1, -0.05) is 26.2 Å². The molecule has 1 aromatic rings. The van der Waals surface area contributed by atoms with Gasteiger partial charge in [-0.3, -0.25) is 4.79 Å². The maximum absolute atomic E-state index is 11.0. The summed E-state index contributed by atoms with van der Waals surface area (Å²) in [6.07, 6.45) is 5.54. The van der Waals surface area contributed by atoms with Gasteiger partial charge in [0.15, 0.2) is 0 Å². The Labute approximate surface area is 87.8 Å². The van der Waals surface area contributed by atoms with Crippen molar-refractivity contribution in [2.45, 2.75) is 38.5 Å². The van der Waals surface area contributed by atoms with Crippen LogP contribution in [0.4, 0.5) is 0 Å². The van der Waals surface area contributed by atoms with Crippen molar-refractivity contribution in [2.24, 2.45) is 0 Å². The van der Waals surface area contributed by atoms with Gasteiger partial charge < -0.3 is 5.11 Å². The number of rotatable bonds is 6. The van der Waals surface area contributed by atoms with Crippen LogP contribution >= 0.6 is 11.3 Å². The van der Waals surface area contributed by atoms with Crippen LogP contribution in [0.25, 0.3) is 0 Å². The second-order valence-corrected chi connectivity index (χ2v) is 4.18. The number of thiazole rings is 1. The minimum atomic E-state index is -0.754. The fourth-order valence-electron chi connectivity index (χ4n) is 1.36. The van der Waals surface area contributed by atoms with Gasteiger partial charge in [0.05, 0.1) is 0 Å². The van der Waals surface area contributed by atoms with Crippen LogP contribution in [0, 0.1) is 0 Å². The molecule has 0 saturated heterocycles. The maximum atomic E-state index is 11.0. The molecule has 78 valence electrons. The van der Waals surface area contributed by atoms with Crippen LogP contribution in [0.2, 0.25) is 0 Å². The van der Waals surface area contributed by atoms with E-state index in [1.165, 1.54) is 11.3 Å². The van der Waals surface area contributed by atoms with E-state index in [1.54, 1.807) is 6.20 Å². The average Bonchev–Trinajstić information content (AvgIpc) is 2.64. The zero-order valence-electron chi connectivity index (χ0n) is 8.27. The Morgan fingerprint density at radius 1 is 1.64 bits per heavy atom. The second kappa shape index (κ2) is 5.75. The number of carbonyl (C=O) groups is 1. The van der Waals surface area contributed by atoms with E-state index in [4.69, 9.17) is 5.11 Å². The number of carboxylic acids is 1. The quantitative estimate of drug-likeness (QED) is 0.739. The van der Waals surface area contributed by atoms with Crippen molar-refractivity contribution in [1.82, 2.24) is 4.98 Å². The Bertz CT molecular complexity index is 272. The van der Waals surface area contributed by atoms with Gasteiger partial charge >= 0.3 is 5.97 Å². The van der Waals surface area contributed by atoms with Gasteiger partial charge in [-0.25, -0.2) is 4.98 Å². The van der Waals surface area contributed by atoms with Crippen LogP contribution in [-0.2, 0) is 4.79 Å². The molecule has 1 heterocycles. The normalized spacial score (nSPS) is 12.6. The first-order chi connectivity index (χ1) is 6.75. The van der Waals surface area contributed by atoms with Gasteiger partial charge in [0.25, 0.3) is 0 Å². The van der Waals surface area contributed by atoms with Crippen molar-refractivity contribution in [3.05, 3.63) is 16.6 Å². The zero-order chi connectivity index (χ0) is 10.4. The third-order valence-corrected chi connectivity index (χ3v) is 3.03. The third-order valence-electron chi connectivity index (χ3n) is 2.14. The SMILES string of the molecule is CCCCCC(C(=O)O)c1nccs1. The molecule has 0 aliphatic rings. The molecule has 0 radical (unpaired) electrons. The van der Waals surface area contributed by atoms with Crippen LogP contribution in [0.1, 0.15) is 43.5 Å². The highest BCUT2D eigenvalue weighted by Crippen LogP contribution is 2.24. The molecule has 4 heteroatoms. The van der Waals surface area contributed by atoms with Crippen LogP contribution in [0.15, 0.2) is 11.6 Å². The highest BCUT2D eigenvalue weighted by Gasteiger charge is 2.21. The fraction of sp³-hybridized carbons (Fsp3) is 0.600. The molecule has 1 atom stereocenters. The molecule has 0 spiro atoms. The van der Waals surface area contributed by atoms with Gasteiger partial charge in [-0.05, 0) is 6.42 Å². The Balaban J connectivity index is 2.52. The van der Waals surface area contributed by atoms with Crippen LogP contribution in [0.5, 0.6) is 0 Å². The standard InChI is InChI=1S/C10H15NO2S/c1-2-3-4-5-8(10(12)13)9-11-6-7-14-9/h6-8H,2-5H2,1H3,(H,12,13). The van der Waals surface area contributed by atoms with Crippen LogP contribution in [0.3, 0.4) is 0 Å². The molecule has 0 fully saturated rings. The van der Waals surface area contributed by atoms with E-state index in [0.717, 1.165) is 24.3 Å².